The van der Waals surface area contributed by atoms with Crippen LogP contribution in [0.3, 0.4) is 0 Å². The van der Waals surface area contributed by atoms with Crippen LogP contribution in [0.1, 0.15) is 31.2 Å². The molecule has 0 atom stereocenters. The topological polar surface area (TPSA) is 72.3 Å². The number of carbonyl (C=O) groups excluding carboxylic acids is 1. The number of amides is 1. The Morgan fingerprint density at radius 1 is 1.02 bits per heavy atom. The van der Waals surface area contributed by atoms with Crippen LogP contribution in [0.15, 0.2) is 65.4 Å². The van der Waals surface area contributed by atoms with E-state index in [1.807, 2.05) is 64.1 Å². The van der Waals surface area contributed by atoms with Crippen LogP contribution in [0, 0.1) is 0 Å². The summed E-state index contributed by atoms with van der Waals surface area (Å²) in [7, 11) is -1.27. The Kier molecular flexibility index (Phi) is 8.40. The van der Waals surface area contributed by atoms with E-state index >= 15 is 0 Å². The van der Waals surface area contributed by atoms with E-state index in [1.54, 1.807) is 0 Å². The summed E-state index contributed by atoms with van der Waals surface area (Å²) in [5, 5.41) is 3.93. The summed E-state index contributed by atoms with van der Waals surface area (Å²) >= 11 is 3.52. The number of carbonyl (C=O) groups is 1. The molecule has 0 bridgehead atoms. The SMILES string of the molecule is C[Si](C)(C)CCOCn1c(-c2ccc(NC(=O)C3(c4cccc(Br)c4)CC3)cc2)cc2c(N3CCC(F)(F)CC3)ncnc21. The number of hydrogen-bond donors (Lipinski definition) is 1. The second kappa shape index (κ2) is 12.0. The number of halogens is 3. The average molecular weight is 683 g/mol. The summed E-state index contributed by atoms with van der Waals surface area (Å²) in [6.07, 6.45) is 2.76. The molecule has 0 spiro atoms. The Hall–Kier alpha value is -3.15. The van der Waals surface area contributed by atoms with Gasteiger partial charge < -0.3 is 19.5 Å². The van der Waals surface area contributed by atoms with E-state index in [1.165, 1.54) is 6.33 Å². The Morgan fingerprint density at radius 3 is 2.41 bits per heavy atom. The minimum Gasteiger partial charge on any atom is -0.361 e. The Bertz CT molecular complexity index is 1660. The van der Waals surface area contributed by atoms with Crippen molar-refractivity contribution in [2.24, 2.45) is 0 Å². The molecule has 1 saturated carbocycles. The molecule has 232 valence electrons. The van der Waals surface area contributed by atoms with E-state index in [9.17, 15) is 13.6 Å². The Labute approximate surface area is 266 Å². The highest BCUT2D eigenvalue weighted by molar-refractivity contribution is 9.10. The van der Waals surface area contributed by atoms with Crippen LogP contribution < -0.4 is 10.2 Å². The van der Waals surface area contributed by atoms with Gasteiger partial charge in [0.05, 0.1) is 16.5 Å². The third-order valence-corrected chi connectivity index (χ3v) is 10.9. The number of alkyl halides is 2. The number of rotatable bonds is 10. The van der Waals surface area contributed by atoms with Gasteiger partial charge in [0.1, 0.15) is 24.5 Å². The zero-order valence-electron chi connectivity index (χ0n) is 25.4. The molecule has 2 aromatic heterocycles. The Balaban J connectivity index is 1.27. The molecule has 11 heteroatoms. The quantitative estimate of drug-likeness (QED) is 0.135. The number of hydrogen-bond acceptors (Lipinski definition) is 5. The van der Waals surface area contributed by atoms with Crippen molar-refractivity contribution in [1.29, 1.82) is 0 Å². The molecule has 2 aromatic carbocycles. The molecular weight excluding hydrogens is 644 g/mol. The van der Waals surface area contributed by atoms with Crippen LogP contribution in [-0.2, 0) is 21.7 Å². The van der Waals surface area contributed by atoms with Crippen molar-refractivity contribution in [2.45, 2.75) is 69.4 Å². The van der Waals surface area contributed by atoms with Crippen LogP contribution in [0.4, 0.5) is 20.3 Å². The highest BCUT2D eigenvalue weighted by atomic mass is 79.9. The molecular formula is C33H38BrF2N5O2Si. The first kappa shape index (κ1) is 30.9. The number of piperidine rings is 1. The van der Waals surface area contributed by atoms with Crippen molar-refractivity contribution in [3.8, 4) is 11.3 Å². The van der Waals surface area contributed by atoms with Crippen LogP contribution in [0.5, 0.6) is 0 Å². The third-order valence-electron chi connectivity index (χ3n) is 8.68. The lowest BCUT2D eigenvalue weighted by Crippen LogP contribution is -2.39. The Morgan fingerprint density at radius 2 is 1.75 bits per heavy atom. The average Bonchev–Trinajstić information content (AvgIpc) is 3.71. The lowest BCUT2D eigenvalue weighted by molar-refractivity contribution is -0.118. The molecule has 1 N–H and O–H groups in total. The van der Waals surface area contributed by atoms with Gasteiger partial charge in [-0.2, -0.15) is 0 Å². The summed E-state index contributed by atoms with van der Waals surface area (Å²) in [6, 6.07) is 18.8. The van der Waals surface area contributed by atoms with Gasteiger partial charge in [0.2, 0.25) is 5.91 Å². The van der Waals surface area contributed by atoms with Gasteiger partial charge in [-0.1, -0.05) is 59.8 Å². The number of nitrogens with one attached hydrogen (secondary N) is 1. The molecule has 6 rings (SSSR count). The van der Waals surface area contributed by atoms with Crippen LogP contribution in [-0.4, -0.2) is 54.1 Å². The minimum absolute atomic E-state index is 0.000266. The van der Waals surface area contributed by atoms with E-state index in [0.717, 1.165) is 51.3 Å². The summed E-state index contributed by atoms with van der Waals surface area (Å²) in [5.74, 6) is -1.97. The zero-order valence-corrected chi connectivity index (χ0v) is 28.0. The predicted molar refractivity (Wildman–Crippen MR) is 177 cm³/mol. The number of nitrogens with zero attached hydrogens (tertiary/aromatic N) is 4. The summed E-state index contributed by atoms with van der Waals surface area (Å²) in [6.45, 7) is 8.39. The summed E-state index contributed by atoms with van der Waals surface area (Å²) < 4.78 is 37.0. The molecule has 1 saturated heterocycles. The third kappa shape index (κ3) is 6.60. The maximum absolute atomic E-state index is 13.9. The minimum atomic E-state index is -2.64. The highest BCUT2D eigenvalue weighted by Gasteiger charge is 2.51. The highest BCUT2D eigenvalue weighted by Crippen LogP contribution is 2.49. The van der Waals surface area contributed by atoms with Crippen molar-refractivity contribution in [1.82, 2.24) is 14.5 Å². The maximum Gasteiger partial charge on any atom is 0.251 e. The van der Waals surface area contributed by atoms with Crippen molar-refractivity contribution in [3.05, 3.63) is 71.0 Å². The fraction of sp³-hybridized carbons (Fsp3) is 0.424. The molecule has 0 radical (unpaired) electrons. The van der Waals surface area contributed by atoms with E-state index < -0.39 is 19.4 Å². The zero-order chi connectivity index (χ0) is 31.1. The van der Waals surface area contributed by atoms with Crippen molar-refractivity contribution in [2.75, 3.05) is 29.9 Å². The molecule has 2 aliphatic rings. The molecule has 4 aromatic rings. The molecule has 3 heterocycles. The first-order chi connectivity index (χ1) is 20.9. The van der Waals surface area contributed by atoms with Crippen molar-refractivity contribution >= 4 is 52.4 Å². The lowest BCUT2D eigenvalue weighted by atomic mass is 9.95. The lowest BCUT2D eigenvalue weighted by Gasteiger charge is -2.32. The molecule has 1 aliphatic carbocycles. The standard InChI is InChI=1S/C33H38BrF2N5O2Si/c1-44(2,3)18-17-43-22-41-28(20-27-29(37-21-38-30(27)41)40-15-13-33(35,36)14-16-40)23-7-9-26(10-8-23)39-31(42)32(11-12-32)24-5-4-6-25(34)19-24/h4-10,19-21H,11-18,22H2,1-3H3,(H,39,42). The number of fused-ring (bicyclic) bond motifs is 1. The van der Waals surface area contributed by atoms with Crippen LogP contribution >= 0.6 is 15.9 Å². The molecule has 1 amide bonds. The fourth-order valence-corrected chi connectivity index (χ4v) is 6.94. The summed E-state index contributed by atoms with van der Waals surface area (Å²) in [5.41, 5.74) is 3.78. The van der Waals surface area contributed by atoms with Gasteiger partial charge in [-0.3, -0.25) is 4.79 Å². The monoisotopic (exact) mass is 681 g/mol. The summed E-state index contributed by atoms with van der Waals surface area (Å²) in [4.78, 5) is 24.4. The van der Waals surface area contributed by atoms with E-state index in [4.69, 9.17) is 4.74 Å². The number of benzene rings is 2. The second-order valence-electron chi connectivity index (χ2n) is 13.2. The molecule has 1 aliphatic heterocycles. The van der Waals surface area contributed by atoms with Gasteiger partial charge in [-0.05, 0) is 60.3 Å². The van der Waals surface area contributed by atoms with E-state index in [-0.39, 0.29) is 31.8 Å². The van der Waals surface area contributed by atoms with Gasteiger partial charge in [-0.25, -0.2) is 18.7 Å². The molecule has 0 unspecified atom stereocenters. The van der Waals surface area contributed by atoms with Crippen LogP contribution in [0.25, 0.3) is 22.3 Å². The van der Waals surface area contributed by atoms with Crippen molar-refractivity contribution < 1.29 is 18.3 Å². The van der Waals surface area contributed by atoms with E-state index in [2.05, 4.69) is 50.9 Å². The van der Waals surface area contributed by atoms with Gasteiger partial charge in [0, 0.05) is 50.8 Å². The number of ether oxygens (including phenoxy) is 1. The number of anilines is 2. The first-order valence-electron chi connectivity index (χ1n) is 15.2. The smallest absolute Gasteiger partial charge is 0.251 e. The van der Waals surface area contributed by atoms with Gasteiger partial charge >= 0.3 is 0 Å². The predicted octanol–water partition coefficient (Wildman–Crippen LogP) is 8.08. The van der Waals surface area contributed by atoms with Crippen LogP contribution in [0.2, 0.25) is 25.7 Å². The first-order valence-corrected chi connectivity index (χ1v) is 19.7. The van der Waals surface area contributed by atoms with Gasteiger partial charge in [-0.15, -0.1) is 0 Å². The second-order valence-corrected chi connectivity index (χ2v) is 19.7. The number of aromatic nitrogens is 3. The van der Waals surface area contributed by atoms with Gasteiger partial charge in [0.25, 0.3) is 5.92 Å². The normalized spacial score (nSPS) is 17.5. The molecule has 2 fully saturated rings. The molecule has 7 nitrogen and oxygen atoms in total. The maximum atomic E-state index is 13.9. The van der Waals surface area contributed by atoms with Gasteiger partial charge in [0.15, 0.2) is 0 Å². The fourth-order valence-electron chi connectivity index (χ4n) is 5.78. The largest absolute Gasteiger partial charge is 0.361 e. The van der Waals surface area contributed by atoms with Crippen molar-refractivity contribution in [3.63, 3.8) is 0 Å². The molecule has 44 heavy (non-hydrogen) atoms. The van der Waals surface area contributed by atoms with E-state index in [0.29, 0.717) is 24.8 Å².